The number of nitrogens with zero attached hydrogens (tertiary/aromatic N) is 1. The van der Waals surface area contributed by atoms with Crippen LogP contribution >= 0.6 is 11.3 Å². The van der Waals surface area contributed by atoms with Crippen molar-refractivity contribution in [2.24, 2.45) is 0 Å². The van der Waals surface area contributed by atoms with E-state index in [9.17, 15) is 9.90 Å². The Kier molecular flexibility index (Phi) is 3.82. The Morgan fingerprint density at radius 3 is 2.80 bits per heavy atom. The minimum Gasteiger partial charge on any atom is -0.381 e. The van der Waals surface area contributed by atoms with Gasteiger partial charge in [-0.3, -0.25) is 4.79 Å². The van der Waals surface area contributed by atoms with E-state index < -0.39 is 5.60 Å². The van der Waals surface area contributed by atoms with Crippen molar-refractivity contribution in [1.82, 2.24) is 10.3 Å². The van der Waals surface area contributed by atoms with Crippen LogP contribution in [-0.2, 0) is 11.2 Å². The Bertz CT molecular complexity index is 341. The van der Waals surface area contributed by atoms with E-state index in [1.807, 2.05) is 12.3 Å². The van der Waals surface area contributed by atoms with Gasteiger partial charge in [0.25, 0.3) is 5.91 Å². The van der Waals surface area contributed by atoms with Crippen LogP contribution in [0.4, 0.5) is 0 Å². The molecule has 0 bridgehead atoms. The Balaban J connectivity index is 2.31. The molecule has 0 spiro atoms. The number of aromatic nitrogens is 1. The normalized spacial score (nSPS) is 11.5. The van der Waals surface area contributed by atoms with E-state index in [1.165, 1.54) is 13.8 Å². The molecule has 1 amide bonds. The molecule has 0 fully saturated rings. The van der Waals surface area contributed by atoms with Gasteiger partial charge in [0.05, 0.1) is 5.01 Å². The highest BCUT2D eigenvalue weighted by Crippen LogP contribution is 2.08. The second-order valence-corrected chi connectivity index (χ2v) is 4.89. The zero-order valence-electron chi connectivity index (χ0n) is 9.20. The van der Waals surface area contributed by atoms with Crippen LogP contribution in [0.25, 0.3) is 0 Å². The first-order chi connectivity index (χ1) is 6.89. The van der Waals surface area contributed by atoms with Crippen molar-refractivity contribution in [3.63, 3.8) is 0 Å². The minimum atomic E-state index is -1.31. The molecule has 0 saturated heterocycles. The van der Waals surface area contributed by atoms with Crippen molar-refractivity contribution >= 4 is 17.2 Å². The van der Waals surface area contributed by atoms with E-state index in [0.29, 0.717) is 13.0 Å². The number of carbonyl (C=O) groups excluding carboxylic acids is 1. The summed E-state index contributed by atoms with van der Waals surface area (Å²) in [7, 11) is 0. The predicted molar refractivity (Wildman–Crippen MR) is 59.9 cm³/mol. The molecule has 0 aliphatic carbocycles. The lowest BCUT2D eigenvalue weighted by atomic mass is 10.1. The van der Waals surface area contributed by atoms with Gasteiger partial charge < -0.3 is 10.4 Å². The SMILES string of the molecule is Cc1csc(CCNC(=O)C(C)(C)O)n1. The van der Waals surface area contributed by atoms with Gasteiger partial charge in [-0.2, -0.15) is 0 Å². The number of amides is 1. The summed E-state index contributed by atoms with van der Waals surface area (Å²) in [5, 5.41) is 15.0. The smallest absolute Gasteiger partial charge is 0.251 e. The first-order valence-corrected chi connectivity index (χ1v) is 5.69. The standard InChI is InChI=1S/C10H16N2O2S/c1-7-6-15-8(12-7)4-5-11-9(13)10(2,3)14/h6,14H,4-5H2,1-3H3,(H,11,13). The first-order valence-electron chi connectivity index (χ1n) is 4.81. The molecule has 5 heteroatoms. The molecule has 15 heavy (non-hydrogen) atoms. The zero-order chi connectivity index (χ0) is 11.5. The molecule has 4 nitrogen and oxygen atoms in total. The maximum Gasteiger partial charge on any atom is 0.251 e. The van der Waals surface area contributed by atoms with Crippen LogP contribution in [0.3, 0.4) is 0 Å². The predicted octanol–water partition coefficient (Wildman–Crippen LogP) is 0.881. The fourth-order valence-corrected chi connectivity index (χ4v) is 1.79. The van der Waals surface area contributed by atoms with Gasteiger partial charge in [0.2, 0.25) is 0 Å². The van der Waals surface area contributed by atoms with Crippen LogP contribution in [-0.4, -0.2) is 28.1 Å². The first kappa shape index (κ1) is 12.1. The number of thiazole rings is 1. The Hall–Kier alpha value is -0.940. The lowest BCUT2D eigenvalue weighted by Gasteiger charge is -2.15. The maximum atomic E-state index is 11.3. The van der Waals surface area contributed by atoms with E-state index >= 15 is 0 Å². The van der Waals surface area contributed by atoms with Crippen molar-refractivity contribution in [3.05, 3.63) is 16.1 Å². The van der Waals surface area contributed by atoms with Gasteiger partial charge >= 0.3 is 0 Å². The highest BCUT2D eigenvalue weighted by molar-refractivity contribution is 7.09. The number of aliphatic hydroxyl groups is 1. The second kappa shape index (κ2) is 4.72. The number of nitrogens with one attached hydrogen (secondary N) is 1. The maximum absolute atomic E-state index is 11.3. The average molecular weight is 228 g/mol. The van der Waals surface area contributed by atoms with Crippen LogP contribution in [0.15, 0.2) is 5.38 Å². The molecule has 0 saturated carbocycles. The summed E-state index contributed by atoms with van der Waals surface area (Å²) < 4.78 is 0. The fourth-order valence-electron chi connectivity index (χ4n) is 1.02. The molecule has 1 aromatic heterocycles. The molecule has 0 aliphatic rings. The molecule has 1 aromatic rings. The molecule has 1 heterocycles. The molecule has 0 unspecified atom stereocenters. The van der Waals surface area contributed by atoms with E-state index in [-0.39, 0.29) is 5.91 Å². The monoisotopic (exact) mass is 228 g/mol. The van der Waals surface area contributed by atoms with Crippen LogP contribution in [0.1, 0.15) is 24.5 Å². The number of rotatable bonds is 4. The Labute approximate surface area is 93.4 Å². The number of hydrogen-bond donors (Lipinski definition) is 2. The largest absolute Gasteiger partial charge is 0.381 e. The number of hydrogen-bond acceptors (Lipinski definition) is 4. The lowest BCUT2D eigenvalue weighted by molar-refractivity contribution is -0.136. The highest BCUT2D eigenvalue weighted by atomic mass is 32.1. The van der Waals surface area contributed by atoms with E-state index in [0.717, 1.165) is 10.7 Å². The van der Waals surface area contributed by atoms with E-state index in [2.05, 4.69) is 10.3 Å². The van der Waals surface area contributed by atoms with Crippen LogP contribution < -0.4 is 5.32 Å². The summed E-state index contributed by atoms with van der Waals surface area (Å²) in [6, 6.07) is 0. The summed E-state index contributed by atoms with van der Waals surface area (Å²) in [6.07, 6.45) is 0.709. The molecule has 0 aliphatic heterocycles. The summed E-state index contributed by atoms with van der Waals surface area (Å²) in [6.45, 7) is 5.39. The Morgan fingerprint density at radius 2 is 2.33 bits per heavy atom. The van der Waals surface area contributed by atoms with Crippen LogP contribution in [0.2, 0.25) is 0 Å². The molecule has 84 valence electrons. The van der Waals surface area contributed by atoms with Gasteiger partial charge in [-0.25, -0.2) is 4.98 Å². The summed E-state index contributed by atoms with van der Waals surface area (Å²) >= 11 is 1.58. The molecular weight excluding hydrogens is 212 g/mol. The third-order valence-corrected chi connectivity index (χ3v) is 2.87. The van der Waals surface area contributed by atoms with Gasteiger partial charge in [0.15, 0.2) is 0 Å². The van der Waals surface area contributed by atoms with Crippen LogP contribution in [0.5, 0.6) is 0 Å². The summed E-state index contributed by atoms with van der Waals surface area (Å²) in [4.78, 5) is 15.6. The van der Waals surface area contributed by atoms with E-state index in [4.69, 9.17) is 0 Å². The topological polar surface area (TPSA) is 62.2 Å². The highest BCUT2D eigenvalue weighted by Gasteiger charge is 2.22. The lowest BCUT2D eigenvalue weighted by Crippen LogP contribution is -2.42. The third kappa shape index (κ3) is 3.97. The van der Waals surface area contributed by atoms with Crippen molar-refractivity contribution in [3.8, 4) is 0 Å². The van der Waals surface area contributed by atoms with Gasteiger partial charge in [0, 0.05) is 24.0 Å². The van der Waals surface area contributed by atoms with Gasteiger partial charge in [0.1, 0.15) is 5.60 Å². The average Bonchev–Trinajstić information content (AvgIpc) is 2.49. The van der Waals surface area contributed by atoms with Gasteiger partial charge in [-0.05, 0) is 20.8 Å². The summed E-state index contributed by atoms with van der Waals surface area (Å²) in [5.41, 5.74) is -0.303. The molecule has 2 N–H and O–H groups in total. The number of aryl methyl sites for hydroxylation is 1. The van der Waals surface area contributed by atoms with Crippen molar-refractivity contribution in [2.75, 3.05) is 6.54 Å². The van der Waals surface area contributed by atoms with Crippen molar-refractivity contribution in [1.29, 1.82) is 0 Å². The quantitative estimate of drug-likeness (QED) is 0.804. The van der Waals surface area contributed by atoms with Crippen LogP contribution in [0, 0.1) is 6.92 Å². The van der Waals surface area contributed by atoms with Crippen molar-refractivity contribution in [2.45, 2.75) is 32.8 Å². The Morgan fingerprint density at radius 1 is 1.67 bits per heavy atom. The number of carbonyl (C=O) groups is 1. The fraction of sp³-hybridized carbons (Fsp3) is 0.600. The van der Waals surface area contributed by atoms with Gasteiger partial charge in [-0.15, -0.1) is 11.3 Å². The second-order valence-electron chi connectivity index (χ2n) is 3.95. The summed E-state index contributed by atoms with van der Waals surface area (Å²) in [5.74, 6) is -0.351. The minimum absolute atomic E-state index is 0.351. The van der Waals surface area contributed by atoms with E-state index in [1.54, 1.807) is 11.3 Å². The van der Waals surface area contributed by atoms with Gasteiger partial charge in [-0.1, -0.05) is 0 Å². The molecular formula is C10H16N2O2S. The molecule has 0 radical (unpaired) electrons. The van der Waals surface area contributed by atoms with Crippen molar-refractivity contribution < 1.29 is 9.90 Å². The third-order valence-electron chi connectivity index (χ3n) is 1.85. The molecule has 0 aromatic carbocycles. The zero-order valence-corrected chi connectivity index (χ0v) is 10.0. The molecule has 0 atom stereocenters. The molecule has 1 rings (SSSR count).